The number of primary amides is 1. The van der Waals surface area contributed by atoms with Crippen LogP contribution in [-0.4, -0.2) is 11.8 Å². The second-order valence-corrected chi connectivity index (χ2v) is 7.47. The van der Waals surface area contributed by atoms with Crippen molar-refractivity contribution < 1.29 is 14.0 Å². The Morgan fingerprint density at radius 3 is 2.46 bits per heavy atom. The van der Waals surface area contributed by atoms with E-state index in [4.69, 9.17) is 5.73 Å². The van der Waals surface area contributed by atoms with E-state index in [0.29, 0.717) is 10.6 Å². The van der Waals surface area contributed by atoms with Gasteiger partial charge >= 0.3 is 0 Å². The molecule has 1 aromatic carbocycles. The van der Waals surface area contributed by atoms with Crippen LogP contribution in [0.4, 0.5) is 9.39 Å². The quantitative estimate of drug-likeness (QED) is 0.786. The zero-order valence-corrected chi connectivity index (χ0v) is 15.2. The minimum atomic E-state index is -0.499. The number of thiophene rings is 1. The van der Waals surface area contributed by atoms with Crippen molar-refractivity contribution in [1.82, 2.24) is 0 Å². The fourth-order valence-electron chi connectivity index (χ4n) is 3.17. The summed E-state index contributed by atoms with van der Waals surface area (Å²) in [6.07, 6.45) is 9.16. The van der Waals surface area contributed by atoms with Crippen molar-refractivity contribution in [3.8, 4) is 0 Å². The molecule has 3 rings (SSSR count). The number of rotatable bonds is 4. The summed E-state index contributed by atoms with van der Waals surface area (Å²) in [4.78, 5) is 25.4. The van der Waals surface area contributed by atoms with Crippen LogP contribution >= 0.6 is 11.3 Å². The van der Waals surface area contributed by atoms with Crippen molar-refractivity contribution in [1.29, 1.82) is 0 Å². The Morgan fingerprint density at radius 2 is 1.77 bits per heavy atom. The number of hydrogen-bond acceptors (Lipinski definition) is 3. The first-order valence-electron chi connectivity index (χ1n) is 8.73. The van der Waals surface area contributed by atoms with E-state index in [-0.39, 0.29) is 11.7 Å². The first-order chi connectivity index (χ1) is 12.5. The molecule has 1 aromatic heterocycles. The fourth-order valence-corrected chi connectivity index (χ4v) is 4.47. The Morgan fingerprint density at radius 1 is 1.08 bits per heavy atom. The third-order valence-electron chi connectivity index (χ3n) is 4.45. The molecule has 0 radical (unpaired) electrons. The SMILES string of the molecule is NC(=O)c1c(NC(=O)C=Cc2ccc(F)cc2)sc2c1CCCCCC2. The molecule has 6 heteroatoms. The van der Waals surface area contributed by atoms with Gasteiger partial charge in [0.15, 0.2) is 0 Å². The van der Waals surface area contributed by atoms with Crippen LogP contribution < -0.4 is 11.1 Å². The minimum absolute atomic E-state index is 0.325. The number of nitrogens with two attached hydrogens (primary N) is 1. The lowest BCUT2D eigenvalue weighted by Crippen LogP contribution is -2.17. The number of anilines is 1. The number of fused-ring (bicyclic) bond motifs is 1. The molecule has 0 atom stereocenters. The summed E-state index contributed by atoms with van der Waals surface area (Å²) in [7, 11) is 0. The largest absolute Gasteiger partial charge is 0.365 e. The van der Waals surface area contributed by atoms with Crippen LogP contribution in [-0.2, 0) is 17.6 Å². The lowest BCUT2D eigenvalue weighted by Gasteiger charge is -2.10. The fraction of sp³-hybridized carbons (Fsp3) is 0.300. The molecule has 4 nitrogen and oxygen atoms in total. The van der Waals surface area contributed by atoms with Crippen LogP contribution in [0.2, 0.25) is 0 Å². The molecule has 0 unspecified atom stereocenters. The summed E-state index contributed by atoms with van der Waals surface area (Å²) < 4.78 is 12.9. The molecule has 2 aromatic rings. The molecule has 1 heterocycles. The van der Waals surface area contributed by atoms with Gasteiger partial charge in [-0.2, -0.15) is 0 Å². The molecule has 26 heavy (non-hydrogen) atoms. The maximum absolute atomic E-state index is 12.9. The van der Waals surface area contributed by atoms with Crippen LogP contribution in [0.15, 0.2) is 30.3 Å². The van der Waals surface area contributed by atoms with Gasteiger partial charge in [0.2, 0.25) is 5.91 Å². The van der Waals surface area contributed by atoms with Gasteiger partial charge in [-0.15, -0.1) is 11.3 Å². The molecule has 3 N–H and O–H groups in total. The maximum atomic E-state index is 12.9. The molecule has 1 aliphatic rings. The number of amides is 2. The highest BCUT2D eigenvalue weighted by molar-refractivity contribution is 7.17. The van der Waals surface area contributed by atoms with E-state index in [9.17, 15) is 14.0 Å². The number of halogens is 1. The van der Waals surface area contributed by atoms with Gasteiger partial charge in [0.05, 0.1) is 5.56 Å². The van der Waals surface area contributed by atoms with E-state index in [1.165, 1.54) is 36.0 Å². The summed E-state index contributed by atoms with van der Waals surface area (Å²) in [5.41, 5.74) is 7.76. The van der Waals surface area contributed by atoms with E-state index >= 15 is 0 Å². The molecule has 136 valence electrons. The molecular weight excluding hydrogens is 351 g/mol. The number of hydrogen-bond donors (Lipinski definition) is 2. The number of benzene rings is 1. The van der Waals surface area contributed by atoms with Crippen LogP contribution in [0.1, 0.15) is 52.0 Å². The second-order valence-electron chi connectivity index (χ2n) is 6.36. The lowest BCUT2D eigenvalue weighted by atomic mass is 9.96. The monoisotopic (exact) mass is 372 g/mol. The Balaban J connectivity index is 1.80. The molecule has 0 fully saturated rings. The molecule has 0 saturated heterocycles. The summed E-state index contributed by atoms with van der Waals surface area (Å²) in [6, 6.07) is 5.85. The van der Waals surface area contributed by atoms with E-state index in [0.717, 1.165) is 48.1 Å². The Hall–Kier alpha value is -2.47. The second kappa shape index (κ2) is 8.27. The standard InChI is InChI=1S/C20H21FN2O2S/c21-14-10-7-13(8-11-14)9-12-17(24)23-20-18(19(22)25)15-5-3-1-2-4-6-16(15)26-20/h7-12H,1-6H2,(H2,22,25)(H,23,24). The van der Waals surface area contributed by atoms with Crippen molar-refractivity contribution in [3.05, 3.63) is 57.7 Å². The summed E-state index contributed by atoms with van der Waals surface area (Å²) in [5, 5.41) is 3.32. The third kappa shape index (κ3) is 4.38. The van der Waals surface area contributed by atoms with Crippen molar-refractivity contribution in [2.75, 3.05) is 5.32 Å². The maximum Gasteiger partial charge on any atom is 0.251 e. The zero-order valence-electron chi connectivity index (χ0n) is 14.4. The number of carbonyl (C=O) groups excluding carboxylic acids is 2. The molecular formula is C20H21FN2O2S. The normalized spacial score (nSPS) is 14.5. The summed E-state index contributed by atoms with van der Waals surface area (Å²) >= 11 is 1.45. The van der Waals surface area contributed by atoms with Gasteiger partial charge < -0.3 is 11.1 Å². The Labute approximate surface area is 155 Å². The number of carbonyl (C=O) groups is 2. The minimum Gasteiger partial charge on any atom is -0.365 e. The van der Waals surface area contributed by atoms with Gasteiger partial charge in [-0.1, -0.05) is 25.0 Å². The molecule has 0 saturated carbocycles. The van der Waals surface area contributed by atoms with Gasteiger partial charge in [-0.3, -0.25) is 9.59 Å². The van der Waals surface area contributed by atoms with E-state index in [1.807, 2.05) is 0 Å². The van der Waals surface area contributed by atoms with Crippen molar-refractivity contribution in [2.24, 2.45) is 5.73 Å². The molecule has 0 bridgehead atoms. The van der Waals surface area contributed by atoms with Gasteiger partial charge in [-0.25, -0.2) is 4.39 Å². The predicted octanol–water partition coefficient (Wildman–Crippen LogP) is 4.30. The Bertz CT molecular complexity index is 840. The van der Waals surface area contributed by atoms with Crippen LogP contribution in [0.3, 0.4) is 0 Å². The summed E-state index contributed by atoms with van der Waals surface area (Å²) in [5.74, 6) is -1.17. The van der Waals surface area contributed by atoms with Crippen LogP contribution in [0.25, 0.3) is 6.08 Å². The molecule has 0 aliphatic heterocycles. The topological polar surface area (TPSA) is 72.2 Å². The highest BCUT2D eigenvalue weighted by Crippen LogP contribution is 2.36. The van der Waals surface area contributed by atoms with Crippen molar-refractivity contribution in [2.45, 2.75) is 38.5 Å². The van der Waals surface area contributed by atoms with E-state index in [2.05, 4.69) is 5.32 Å². The van der Waals surface area contributed by atoms with E-state index in [1.54, 1.807) is 18.2 Å². The molecule has 0 spiro atoms. The smallest absolute Gasteiger partial charge is 0.251 e. The molecule has 1 aliphatic carbocycles. The van der Waals surface area contributed by atoms with Crippen LogP contribution in [0.5, 0.6) is 0 Å². The van der Waals surface area contributed by atoms with Gasteiger partial charge in [0.1, 0.15) is 10.8 Å². The van der Waals surface area contributed by atoms with Crippen molar-refractivity contribution >= 4 is 34.2 Å². The lowest BCUT2D eigenvalue weighted by molar-refractivity contribution is -0.111. The van der Waals surface area contributed by atoms with Gasteiger partial charge in [0.25, 0.3) is 5.91 Å². The third-order valence-corrected chi connectivity index (χ3v) is 5.66. The number of aryl methyl sites for hydroxylation is 1. The highest BCUT2D eigenvalue weighted by atomic mass is 32.1. The van der Waals surface area contributed by atoms with Gasteiger partial charge in [0, 0.05) is 11.0 Å². The average Bonchev–Trinajstić information content (AvgIpc) is 2.91. The number of nitrogens with one attached hydrogen (secondary N) is 1. The Kier molecular flexibility index (Phi) is 5.83. The zero-order chi connectivity index (χ0) is 18.5. The average molecular weight is 372 g/mol. The molecule has 2 amide bonds. The first kappa shape index (κ1) is 18.3. The van der Waals surface area contributed by atoms with Crippen LogP contribution in [0, 0.1) is 5.82 Å². The van der Waals surface area contributed by atoms with Crippen molar-refractivity contribution in [3.63, 3.8) is 0 Å². The van der Waals surface area contributed by atoms with Gasteiger partial charge in [-0.05, 0) is 55.0 Å². The predicted molar refractivity (Wildman–Crippen MR) is 103 cm³/mol. The van der Waals surface area contributed by atoms with E-state index < -0.39 is 5.91 Å². The summed E-state index contributed by atoms with van der Waals surface area (Å²) in [6.45, 7) is 0. The first-order valence-corrected chi connectivity index (χ1v) is 9.55. The highest BCUT2D eigenvalue weighted by Gasteiger charge is 2.23.